The lowest BCUT2D eigenvalue weighted by molar-refractivity contribution is 0.980. The third kappa shape index (κ3) is 1.55. The van der Waals surface area contributed by atoms with Gasteiger partial charge in [0.2, 0.25) is 0 Å². The Morgan fingerprint density at radius 1 is 1.90 bits per heavy atom. The third-order valence-electron chi connectivity index (χ3n) is 1.06. The first-order valence-electron chi connectivity index (χ1n) is 2.73. The second-order valence-corrected chi connectivity index (χ2v) is 3.28. The van der Waals surface area contributed by atoms with E-state index in [4.69, 9.17) is 5.26 Å². The Hall–Kier alpha value is -0.400. The van der Waals surface area contributed by atoms with Gasteiger partial charge < -0.3 is 0 Å². The molecule has 0 aliphatic rings. The molecule has 1 aromatic rings. The average Bonchev–Trinajstić information content (AvgIpc) is 2.43. The summed E-state index contributed by atoms with van der Waals surface area (Å²) >= 11 is 4.76. The summed E-state index contributed by atoms with van der Waals surface area (Å²) in [5.74, 6) is -0.0833. The number of halogens is 1. The van der Waals surface area contributed by atoms with Crippen LogP contribution in [0.5, 0.6) is 0 Å². The Morgan fingerprint density at radius 3 is 3.10 bits per heavy atom. The molecule has 0 bridgehead atoms. The molecule has 0 saturated carbocycles. The maximum absolute atomic E-state index is 8.58. The maximum Gasteiger partial charge on any atom is 0.111 e. The predicted octanol–water partition coefficient (Wildman–Crippen LogP) is 2.15. The minimum absolute atomic E-state index is 0.0833. The summed E-state index contributed by atoms with van der Waals surface area (Å²) in [7, 11) is 0. The maximum atomic E-state index is 8.58. The van der Waals surface area contributed by atoms with Crippen molar-refractivity contribution < 1.29 is 0 Å². The SMILES string of the molecule is N#CC(CBr)c1nccs1. The highest BCUT2D eigenvalue weighted by atomic mass is 79.9. The second-order valence-electron chi connectivity index (χ2n) is 1.71. The molecular formula is C6H5BrN2S. The molecular weight excluding hydrogens is 212 g/mol. The van der Waals surface area contributed by atoms with Gasteiger partial charge in [0.25, 0.3) is 0 Å². The van der Waals surface area contributed by atoms with Crippen molar-refractivity contribution >= 4 is 27.3 Å². The van der Waals surface area contributed by atoms with Crippen LogP contribution in [0.1, 0.15) is 10.9 Å². The third-order valence-corrected chi connectivity index (χ3v) is 2.60. The Balaban J connectivity index is 2.76. The fraction of sp³-hybridized carbons (Fsp3) is 0.333. The number of alkyl halides is 1. The molecule has 0 saturated heterocycles. The molecule has 1 rings (SSSR count). The second kappa shape index (κ2) is 3.69. The van der Waals surface area contributed by atoms with E-state index in [1.807, 2.05) is 5.38 Å². The van der Waals surface area contributed by atoms with Crippen LogP contribution in [0.15, 0.2) is 11.6 Å². The van der Waals surface area contributed by atoms with Crippen molar-refractivity contribution in [2.45, 2.75) is 5.92 Å². The fourth-order valence-corrected chi connectivity index (χ4v) is 1.91. The Kier molecular flexibility index (Phi) is 2.84. The van der Waals surface area contributed by atoms with Gasteiger partial charge in [-0.05, 0) is 0 Å². The molecule has 0 fully saturated rings. The summed E-state index contributed by atoms with van der Waals surface area (Å²) in [6.07, 6.45) is 1.72. The van der Waals surface area contributed by atoms with E-state index in [2.05, 4.69) is 27.0 Å². The normalized spacial score (nSPS) is 12.4. The van der Waals surface area contributed by atoms with E-state index in [0.29, 0.717) is 5.33 Å². The lowest BCUT2D eigenvalue weighted by Crippen LogP contribution is -1.94. The Labute approximate surface area is 71.6 Å². The number of thiazole rings is 1. The van der Waals surface area contributed by atoms with E-state index >= 15 is 0 Å². The van der Waals surface area contributed by atoms with E-state index in [0.717, 1.165) is 5.01 Å². The minimum Gasteiger partial charge on any atom is -0.248 e. The topological polar surface area (TPSA) is 36.7 Å². The average molecular weight is 217 g/mol. The molecule has 0 amide bonds. The highest BCUT2D eigenvalue weighted by Gasteiger charge is 2.09. The van der Waals surface area contributed by atoms with E-state index < -0.39 is 0 Å². The Bertz CT molecular complexity index is 226. The van der Waals surface area contributed by atoms with Crippen molar-refractivity contribution in [3.8, 4) is 6.07 Å². The summed E-state index contributed by atoms with van der Waals surface area (Å²) in [5, 5.41) is 12.0. The van der Waals surface area contributed by atoms with Crippen molar-refractivity contribution in [1.82, 2.24) is 4.98 Å². The van der Waals surface area contributed by atoms with Crippen LogP contribution >= 0.6 is 27.3 Å². The number of rotatable bonds is 2. The summed E-state index contributed by atoms with van der Waals surface area (Å²) < 4.78 is 0. The molecule has 1 aromatic heterocycles. The molecule has 1 unspecified atom stereocenters. The molecule has 1 atom stereocenters. The smallest absolute Gasteiger partial charge is 0.111 e. The molecule has 0 N–H and O–H groups in total. The van der Waals surface area contributed by atoms with Gasteiger partial charge in [-0.3, -0.25) is 0 Å². The minimum atomic E-state index is -0.0833. The first kappa shape index (κ1) is 7.70. The molecule has 1 heterocycles. The molecule has 0 aliphatic carbocycles. The standard InChI is InChI=1S/C6H5BrN2S/c7-3-5(4-8)6-9-1-2-10-6/h1-2,5H,3H2. The summed E-state index contributed by atoms with van der Waals surface area (Å²) in [6.45, 7) is 0. The highest BCUT2D eigenvalue weighted by molar-refractivity contribution is 9.09. The van der Waals surface area contributed by atoms with Gasteiger partial charge in [0.05, 0.1) is 6.07 Å². The first-order chi connectivity index (χ1) is 4.88. The number of hydrogen-bond donors (Lipinski definition) is 0. The van der Waals surface area contributed by atoms with Crippen molar-refractivity contribution in [3.63, 3.8) is 0 Å². The van der Waals surface area contributed by atoms with Gasteiger partial charge in [-0.15, -0.1) is 11.3 Å². The van der Waals surface area contributed by atoms with E-state index in [1.165, 1.54) is 11.3 Å². The van der Waals surface area contributed by atoms with E-state index in [9.17, 15) is 0 Å². The fourth-order valence-electron chi connectivity index (χ4n) is 0.562. The largest absolute Gasteiger partial charge is 0.248 e. The molecule has 0 radical (unpaired) electrons. The monoisotopic (exact) mass is 216 g/mol. The van der Waals surface area contributed by atoms with Crippen LogP contribution in [-0.2, 0) is 0 Å². The van der Waals surface area contributed by atoms with Crippen LogP contribution in [0.25, 0.3) is 0 Å². The molecule has 2 nitrogen and oxygen atoms in total. The molecule has 0 aromatic carbocycles. The number of hydrogen-bond acceptors (Lipinski definition) is 3. The predicted molar refractivity (Wildman–Crippen MR) is 44.3 cm³/mol. The quantitative estimate of drug-likeness (QED) is 0.711. The molecule has 4 heteroatoms. The summed E-state index contributed by atoms with van der Waals surface area (Å²) in [4.78, 5) is 4.02. The van der Waals surface area contributed by atoms with Gasteiger partial charge in [0, 0.05) is 16.9 Å². The van der Waals surface area contributed by atoms with Crippen LogP contribution in [0.2, 0.25) is 0 Å². The van der Waals surface area contributed by atoms with E-state index in [1.54, 1.807) is 6.20 Å². The summed E-state index contributed by atoms with van der Waals surface area (Å²) in [5.41, 5.74) is 0. The van der Waals surface area contributed by atoms with Gasteiger partial charge >= 0.3 is 0 Å². The zero-order chi connectivity index (χ0) is 7.40. The van der Waals surface area contributed by atoms with Gasteiger partial charge in [-0.2, -0.15) is 5.26 Å². The van der Waals surface area contributed by atoms with Crippen molar-refractivity contribution in [1.29, 1.82) is 5.26 Å². The van der Waals surface area contributed by atoms with Crippen LogP contribution in [-0.4, -0.2) is 10.3 Å². The highest BCUT2D eigenvalue weighted by Crippen LogP contribution is 2.18. The number of aromatic nitrogens is 1. The van der Waals surface area contributed by atoms with Crippen molar-refractivity contribution in [2.24, 2.45) is 0 Å². The molecule has 0 spiro atoms. The van der Waals surface area contributed by atoms with Crippen LogP contribution in [0.3, 0.4) is 0 Å². The van der Waals surface area contributed by atoms with Crippen LogP contribution in [0, 0.1) is 11.3 Å². The molecule has 52 valence electrons. The lowest BCUT2D eigenvalue weighted by Gasteiger charge is -1.96. The summed E-state index contributed by atoms with van der Waals surface area (Å²) in [6, 6.07) is 2.16. The molecule has 0 aliphatic heterocycles. The van der Waals surface area contributed by atoms with Crippen molar-refractivity contribution in [2.75, 3.05) is 5.33 Å². The van der Waals surface area contributed by atoms with Crippen LogP contribution in [0.4, 0.5) is 0 Å². The zero-order valence-corrected chi connectivity index (χ0v) is 7.52. The van der Waals surface area contributed by atoms with Crippen LogP contribution < -0.4 is 0 Å². The number of nitrogens with zero attached hydrogens (tertiary/aromatic N) is 2. The zero-order valence-electron chi connectivity index (χ0n) is 5.12. The van der Waals surface area contributed by atoms with Gasteiger partial charge in [-0.1, -0.05) is 15.9 Å². The van der Waals surface area contributed by atoms with Gasteiger partial charge in [0.1, 0.15) is 10.9 Å². The van der Waals surface area contributed by atoms with Gasteiger partial charge in [0.15, 0.2) is 0 Å². The first-order valence-corrected chi connectivity index (χ1v) is 4.73. The van der Waals surface area contributed by atoms with Gasteiger partial charge in [-0.25, -0.2) is 4.98 Å². The number of nitriles is 1. The molecule has 10 heavy (non-hydrogen) atoms. The Morgan fingerprint density at radius 2 is 2.70 bits per heavy atom. The van der Waals surface area contributed by atoms with Crippen molar-refractivity contribution in [3.05, 3.63) is 16.6 Å². The lowest BCUT2D eigenvalue weighted by atomic mass is 10.2. The van der Waals surface area contributed by atoms with E-state index in [-0.39, 0.29) is 5.92 Å².